The molecule has 2 aromatic carbocycles. The zero-order valence-electron chi connectivity index (χ0n) is 10.2. The molecule has 0 heterocycles. The van der Waals surface area contributed by atoms with Crippen LogP contribution in [-0.4, -0.2) is 5.11 Å². The topological polar surface area (TPSA) is 20.2 Å². The molecule has 1 nitrogen and oxygen atoms in total. The van der Waals surface area contributed by atoms with Gasteiger partial charge in [-0.1, -0.05) is 59.6 Å². The van der Waals surface area contributed by atoms with Crippen LogP contribution in [0, 0.1) is 0 Å². The summed E-state index contributed by atoms with van der Waals surface area (Å²) in [7, 11) is 0. The first-order valence-corrected chi connectivity index (χ1v) is 6.83. The van der Waals surface area contributed by atoms with Gasteiger partial charge in [0.05, 0.1) is 5.02 Å². The first kappa shape index (κ1) is 13.4. The van der Waals surface area contributed by atoms with E-state index < -0.39 is 0 Å². The van der Waals surface area contributed by atoms with E-state index in [-0.39, 0.29) is 11.2 Å². The summed E-state index contributed by atoms with van der Waals surface area (Å²) in [5, 5.41) is 9.87. The molecule has 0 unspecified atom stereocenters. The van der Waals surface area contributed by atoms with Crippen molar-refractivity contribution in [2.75, 3.05) is 0 Å². The van der Waals surface area contributed by atoms with E-state index in [0.29, 0.717) is 5.02 Å². The van der Waals surface area contributed by atoms with Gasteiger partial charge in [-0.2, -0.15) is 0 Å². The summed E-state index contributed by atoms with van der Waals surface area (Å²) in [6, 6.07) is 13.6. The summed E-state index contributed by atoms with van der Waals surface area (Å²) in [5.41, 5.74) is 2.10. The fourth-order valence-corrected chi connectivity index (χ4v) is 2.52. The third-order valence-corrected chi connectivity index (χ3v) is 4.01. The van der Waals surface area contributed by atoms with Gasteiger partial charge in [-0.05, 0) is 35.4 Å². The van der Waals surface area contributed by atoms with E-state index in [0.717, 1.165) is 10.0 Å². The van der Waals surface area contributed by atoms with E-state index in [4.69, 9.17) is 11.6 Å². The summed E-state index contributed by atoms with van der Waals surface area (Å²) in [5.74, 6) is 0.116. The molecular weight excluding hydrogens is 312 g/mol. The minimum absolute atomic E-state index is 0.116. The first-order valence-electron chi connectivity index (χ1n) is 5.66. The quantitative estimate of drug-likeness (QED) is 0.811. The van der Waals surface area contributed by atoms with Crippen molar-refractivity contribution in [2.45, 2.75) is 19.3 Å². The van der Waals surface area contributed by atoms with Crippen molar-refractivity contribution in [3.05, 3.63) is 63.1 Å². The van der Waals surface area contributed by atoms with Gasteiger partial charge in [0.25, 0.3) is 0 Å². The van der Waals surface area contributed by atoms with Crippen molar-refractivity contribution < 1.29 is 5.11 Å². The lowest BCUT2D eigenvalue weighted by atomic mass is 9.78. The largest absolute Gasteiger partial charge is 0.506 e. The van der Waals surface area contributed by atoms with Crippen LogP contribution in [0.15, 0.2) is 46.9 Å². The average molecular weight is 326 g/mol. The molecule has 0 aromatic heterocycles. The lowest BCUT2D eigenvalue weighted by molar-refractivity contribution is 0.474. The number of hydrogen-bond acceptors (Lipinski definition) is 1. The number of rotatable bonds is 2. The molecule has 0 saturated heterocycles. The van der Waals surface area contributed by atoms with Crippen molar-refractivity contribution in [3.8, 4) is 5.75 Å². The van der Waals surface area contributed by atoms with Gasteiger partial charge < -0.3 is 5.11 Å². The Kier molecular flexibility index (Phi) is 3.69. The Labute approximate surface area is 121 Å². The molecule has 0 saturated carbocycles. The maximum Gasteiger partial charge on any atom is 0.134 e. The van der Waals surface area contributed by atoms with Crippen molar-refractivity contribution in [1.82, 2.24) is 0 Å². The van der Waals surface area contributed by atoms with Gasteiger partial charge in [0, 0.05) is 9.89 Å². The van der Waals surface area contributed by atoms with Gasteiger partial charge >= 0.3 is 0 Å². The van der Waals surface area contributed by atoms with Crippen LogP contribution in [0.1, 0.15) is 25.0 Å². The molecule has 0 spiro atoms. The number of phenolic OH excluding ortho intramolecular Hbond substituents is 1. The Hall–Kier alpha value is -0.990. The molecule has 0 radical (unpaired) electrons. The fourth-order valence-electron chi connectivity index (χ4n) is 1.94. The van der Waals surface area contributed by atoms with Gasteiger partial charge in [-0.25, -0.2) is 0 Å². The van der Waals surface area contributed by atoms with Crippen LogP contribution in [0.3, 0.4) is 0 Å². The van der Waals surface area contributed by atoms with Crippen LogP contribution in [0.5, 0.6) is 5.75 Å². The highest BCUT2D eigenvalue weighted by Gasteiger charge is 2.23. The highest BCUT2D eigenvalue weighted by atomic mass is 79.9. The molecule has 0 atom stereocenters. The SMILES string of the molecule is CC(C)(c1cccc(Br)c1)c1ccc(O)c(Cl)c1. The van der Waals surface area contributed by atoms with Gasteiger partial charge in [-0.3, -0.25) is 0 Å². The minimum atomic E-state index is -0.166. The molecular formula is C15H14BrClO. The molecule has 0 amide bonds. The molecule has 3 heteroatoms. The van der Waals surface area contributed by atoms with E-state index in [1.54, 1.807) is 6.07 Å². The number of phenols is 1. The maximum absolute atomic E-state index is 9.48. The first-order chi connectivity index (χ1) is 8.41. The second-order valence-electron chi connectivity index (χ2n) is 4.80. The Balaban J connectivity index is 2.50. The Morgan fingerprint density at radius 3 is 2.33 bits per heavy atom. The number of hydrogen-bond donors (Lipinski definition) is 1. The standard InChI is InChI=1S/C15H14BrClO/c1-15(2,10-4-3-5-12(16)8-10)11-6-7-14(18)13(17)9-11/h3-9,18H,1-2H3. The molecule has 18 heavy (non-hydrogen) atoms. The normalized spacial score (nSPS) is 11.6. The lowest BCUT2D eigenvalue weighted by Crippen LogP contribution is -2.18. The molecule has 0 aliphatic heterocycles. The van der Waals surface area contributed by atoms with Crippen LogP contribution in [-0.2, 0) is 5.41 Å². The summed E-state index contributed by atoms with van der Waals surface area (Å²) < 4.78 is 1.05. The Morgan fingerprint density at radius 2 is 1.72 bits per heavy atom. The van der Waals surface area contributed by atoms with Crippen LogP contribution in [0.2, 0.25) is 5.02 Å². The predicted molar refractivity (Wildman–Crippen MR) is 79.4 cm³/mol. The Bertz CT molecular complexity index is 578. The summed E-state index contributed by atoms with van der Waals surface area (Å²) in [4.78, 5) is 0. The van der Waals surface area contributed by atoms with E-state index in [9.17, 15) is 5.11 Å². The zero-order valence-corrected chi connectivity index (χ0v) is 12.6. The van der Waals surface area contributed by atoms with E-state index in [1.165, 1.54) is 5.56 Å². The molecule has 0 aliphatic carbocycles. The van der Waals surface area contributed by atoms with Crippen molar-refractivity contribution in [1.29, 1.82) is 0 Å². The summed E-state index contributed by atoms with van der Waals surface area (Å²) in [6.45, 7) is 4.27. The van der Waals surface area contributed by atoms with Crippen LogP contribution in [0.25, 0.3) is 0 Å². The minimum Gasteiger partial charge on any atom is -0.506 e. The average Bonchev–Trinajstić information content (AvgIpc) is 2.32. The third kappa shape index (κ3) is 2.55. The van der Waals surface area contributed by atoms with Crippen LogP contribution < -0.4 is 0 Å². The highest BCUT2D eigenvalue weighted by molar-refractivity contribution is 9.10. The fraction of sp³-hybridized carbons (Fsp3) is 0.200. The van der Waals surface area contributed by atoms with Crippen LogP contribution >= 0.6 is 27.5 Å². The van der Waals surface area contributed by atoms with Crippen molar-refractivity contribution in [2.24, 2.45) is 0 Å². The Morgan fingerprint density at radius 1 is 1.06 bits per heavy atom. The van der Waals surface area contributed by atoms with Crippen molar-refractivity contribution in [3.63, 3.8) is 0 Å². The van der Waals surface area contributed by atoms with Crippen LogP contribution in [0.4, 0.5) is 0 Å². The predicted octanol–water partition coefficient (Wildman–Crippen LogP) is 5.13. The molecule has 2 aromatic rings. The summed E-state index contributed by atoms with van der Waals surface area (Å²) >= 11 is 9.47. The lowest BCUT2D eigenvalue weighted by Gasteiger charge is -2.26. The third-order valence-electron chi connectivity index (χ3n) is 3.22. The van der Waals surface area contributed by atoms with Gasteiger partial charge in [0.15, 0.2) is 0 Å². The molecule has 1 N–H and O–H groups in total. The van der Waals surface area contributed by atoms with Gasteiger partial charge in [-0.15, -0.1) is 0 Å². The second kappa shape index (κ2) is 4.94. The number of aromatic hydroxyl groups is 1. The monoisotopic (exact) mass is 324 g/mol. The zero-order chi connectivity index (χ0) is 13.3. The smallest absolute Gasteiger partial charge is 0.134 e. The van der Waals surface area contributed by atoms with E-state index >= 15 is 0 Å². The van der Waals surface area contributed by atoms with Gasteiger partial charge in [0.1, 0.15) is 5.75 Å². The van der Waals surface area contributed by atoms with E-state index in [2.05, 4.69) is 41.9 Å². The maximum atomic E-state index is 9.48. The molecule has 0 bridgehead atoms. The molecule has 0 aliphatic rings. The van der Waals surface area contributed by atoms with E-state index in [1.807, 2.05) is 24.3 Å². The highest BCUT2D eigenvalue weighted by Crippen LogP contribution is 2.36. The van der Waals surface area contributed by atoms with Crippen molar-refractivity contribution >= 4 is 27.5 Å². The summed E-state index contributed by atoms with van der Waals surface area (Å²) in [6.07, 6.45) is 0. The number of benzene rings is 2. The molecule has 0 fully saturated rings. The molecule has 94 valence electrons. The molecule has 2 rings (SSSR count). The second-order valence-corrected chi connectivity index (χ2v) is 6.12. The number of halogens is 2. The van der Waals surface area contributed by atoms with Gasteiger partial charge in [0.2, 0.25) is 0 Å².